The molecule has 0 aliphatic rings. The van der Waals surface area contributed by atoms with Gasteiger partial charge in [-0.15, -0.1) is 0 Å². The Morgan fingerprint density at radius 2 is 2.20 bits per heavy atom. The van der Waals surface area contributed by atoms with E-state index in [0.29, 0.717) is 4.99 Å². The summed E-state index contributed by atoms with van der Waals surface area (Å²) in [6.45, 7) is 6.27. The maximum absolute atomic E-state index is 5.51. The number of nitrogens with two attached hydrogens (primary N) is 1. The lowest BCUT2D eigenvalue weighted by Gasteiger charge is -2.21. The van der Waals surface area contributed by atoms with Gasteiger partial charge < -0.3 is 10.6 Å². The van der Waals surface area contributed by atoms with Gasteiger partial charge in [0.15, 0.2) is 0 Å². The lowest BCUT2D eigenvalue weighted by molar-refractivity contribution is 0.778. The molecule has 15 heavy (non-hydrogen) atoms. The molecule has 2 N–H and O–H groups in total. The molecule has 82 valence electrons. The number of pyridine rings is 1. The molecule has 1 heterocycles. The number of hydrogen-bond donors (Lipinski definition) is 1. The molecule has 0 bridgehead atoms. The Kier molecular flexibility index (Phi) is 4.49. The second kappa shape index (κ2) is 5.66. The highest BCUT2D eigenvalue weighted by atomic mass is 32.1. The van der Waals surface area contributed by atoms with Gasteiger partial charge in [0, 0.05) is 24.8 Å². The van der Waals surface area contributed by atoms with Crippen molar-refractivity contribution in [2.75, 3.05) is 18.0 Å². The van der Waals surface area contributed by atoms with Crippen LogP contribution in [0.1, 0.15) is 25.8 Å². The van der Waals surface area contributed by atoms with Crippen LogP contribution in [0.3, 0.4) is 0 Å². The zero-order valence-corrected chi connectivity index (χ0v) is 10.0. The average Bonchev–Trinajstić information content (AvgIpc) is 2.26. The van der Waals surface area contributed by atoms with Crippen LogP contribution >= 0.6 is 12.2 Å². The minimum atomic E-state index is 0.396. The van der Waals surface area contributed by atoms with E-state index in [4.69, 9.17) is 18.0 Å². The first-order chi connectivity index (χ1) is 7.19. The molecule has 0 aromatic carbocycles. The van der Waals surface area contributed by atoms with E-state index in [1.165, 1.54) is 0 Å². The van der Waals surface area contributed by atoms with Crippen LogP contribution in [-0.2, 0) is 0 Å². The lowest BCUT2D eigenvalue weighted by atomic mass is 10.2. The van der Waals surface area contributed by atoms with E-state index in [1.807, 2.05) is 12.1 Å². The lowest BCUT2D eigenvalue weighted by Crippen LogP contribution is -2.24. The standard InChI is InChI=1S/C11H17N3S/c1-3-7-14(4-2)10-6-5-9(8-13-10)11(12)15/h5-6,8H,3-4,7H2,1-2H3,(H2,12,15). The summed E-state index contributed by atoms with van der Waals surface area (Å²) in [5, 5.41) is 0. The summed E-state index contributed by atoms with van der Waals surface area (Å²) in [5.41, 5.74) is 6.33. The number of hydrogen-bond acceptors (Lipinski definition) is 3. The Balaban J connectivity index is 2.81. The van der Waals surface area contributed by atoms with E-state index in [0.717, 1.165) is 30.9 Å². The van der Waals surface area contributed by atoms with Crippen LogP contribution < -0.4 is 10.6 Å². The van der Waals surface area contributed by atoms with Crippen molar-refractivity contribution in [1.82, 2.24) is 4.98 Å². The van der Waals surface area contributed by atoms with Gasteiger partial charge in [0.1, 0.15) is 10.8 Å². The molecule has 3 nitrogen and oxygen atoms in total. The van der Waals surface area contributed by atoms with Crippen molar-refractivity contribution < 1.29 is 0 Å². The first kappa shape index (κ1) is 11.9. The van der Waals surface area contributed by atoms with Crippen LogP contribution in [0.4, 0.5) is 5.82 Å². The van der Waals surface area contributed by atoms with Crippen molar-refractivity contribution in [3.8, 4) is 0 Å². The quantitative estimate of drug-likeness (QED) is 0.775. The molecule has 4 heteroatoms. The van der Waals surface area contributed by atoms with Gasteiger partial charge in [-0.25, -0.2) is 4.98 Å². The van der Waals surface area contributed by atoms with E-state index in [2.05, 4.69) is 23.7 Å². The molecule has 0 radical (unpaired) electrons. The van der Waals surface area contributed by atoms with Gasteiger partial charge in [-0.2, -0.15) is 0 Å². The summed E-state index contributed by atoms with van der Waals surface area (Å²) in [4.78, 5) is 6.97. The summed E-state index contributed by atoms with van der Waals surface area (Å²) in [5.74, 6) is 0.986. The molecule has 0 saturated heterocycles. The van der Waals surface area contributed by atoms with Gasteiger partial charge in [-0.05, 0) is 25.5 Å². The van der Waals surface area contributed by atoms with Crippen molar-refractivity contribution in [3.05, 3.63) is 23.9 Å². The highest BCUT2D eigenvalue weighted by Crippen LogP contribution is 2.11. The molecule has 0 aliphatic heterocycles. The van der Waals surface area contributed by atoms with Gasteiger partial charge in [-0.3, -0.25) is 0 Å². The fourth-order valence-corrected chi connectivity index (χ4v) is 1.54. The minimum absolute atomic E-state index is 0.396. The molecule has 0 amide bonds. The molecular formula is C11H17N3S. The monoisotopic (exact) mass is 223 g/mol. The second-order valence-electron chi connectivity index (χ2n) is 3.35. The largest absolute Gasteiger partial charge is 0.389 e. The molecule has 0 atom stereocenters. The van der Waals surface area contributed by atoms with E-state index < -0.39 is 0 Å². The SMILES string of the molecule is CCCN(CC)c1ccc(C(N)=S)cn1. The van der Waals surface area contributed by atoms with Gasteiger partial charge in [0.2, 0.25) is 0 Å². The molecule has 1 aromatic heterocycles. The van der Waals surface area contributed by atoms with Gasteiger partial charge >= 0.3 is 0 Å². The van der Waals surface area contributed by atoms with E-state index in [1.54, 1.807) is 6.20 Å². The Morgan fingerprint density at radius 3 is 2.60 bits per heavy atom. The third-order valence-corrected chi connectivity index (χ3v) is 2.47. The second-order valence-corrected chi connectivity index (χ2v) is 3.79. The fraction of sp³-hybridized carbons (Fsp3) is 0.455. The van der Waals surface area contributed by atoms with E-state index in [9.17, 15) is 0 Å². The molecule has 0 saturated carbocycles. The van der Waals surface area contributed by atoms with Crippen LogP contribution in [-0.4, -0.2) is 23.1 Å². The Hall–Kier alpha value is -1.16. The fourth-order valence-electron chi connectivity index (χ4n) is 1.42. The molecule has 0 spiro atoms. The number of nitrogens with zero attached hydrogens (tertiary/aromatic N) is 2. The van der Waals surface area contributed by atoms with Crippen molar-refractivity contribution in [1.29, 1.82) is 0 Å². The topological polar surface area (TPSA) is 42.1 Å². The van der Waals surface area contributed by atoms with Crippen molar-refractivity contribution in [2.45, 2.75) is 20.3 Å². The first-order valence-corrected chi connectivity index (χ1v) is 5.60. The smallest absolute Gasteiger partial charge is 0.128 e. The Morgan fingerprint density at radius 1 is 1.47 bits per heavy atom. The third kappa shape index (κ3) is 3.16. The number of anilines is 1. The number of rotatable bonds is 5. The molecule has 0 aliphatic carbocycles. The molecule has 0 fully saturated rings. The van der Waals surface area contributed by atoms with Crippen LogP contribution in [0.5, 0.6) is 0 Å². The highest BCUT2D eigenvalue weighted by molar-refractivity contribution is 7.80. The summed E-state index contributed by atoms with van der Waals surface area (Å²) in [6.07, 6.45) is 2.85. The summed E-state index contributed by atoms with van der Waals surface area (Å²) >= 11 is 4.87. The zero-order valence-electron chi connectivity index (χ0n) is 9.23. The van der Waals surface area contributed by atoms with Crippen LogP contribution in [0.25, 0.3) is 0 Å². The summed E-state index contributed by atoms with van der Waals surface area (Å²) in [7, 11) is 0. The van der Waals surface area contributed by atoms with Crippen LogP contribution in [0.2, 0.25) is 0 Å². The normalized spacial score (nSPS) is 10.0. The zero-order chi connectivity index (χ0) is 11.3. The maximum atomic E-state index is 5.51. The molecule has 0 unspecified atom stereocenters. The highest BCUT2D eigenvalue weighted by Gasteiger charge is 2.04. The average molecular weight is 223 g/mol. The van der Waals surface area contributed by atoms with Gasteiger partial charge in [0.05, 0.1) is 0 Å². The summed E-state index contributed by atoms with van der Waals surface area (Å²) in [6, 6.07) is 3.89. The van der Waals surface area contributed by atoms with Crippen LogP contribution in [0, 0.1) is 0 Å². The van der Waals surface area contributed by atoms with Gasteiger partial charge in [-0.1, -0.05) is 19.1 Å². The molecule has 1 aromatic rings. The number of thiocarbonyl (C=S) groups is 1. The Bertz CT molecular complexity index is 321. The van der Waals surface area contributed by atoms with Crippen molar-refractivity contribution in [3.63, 3.8) is 0 Å². The minimum Gasteiger partial charge on any atom is -0.389 e. The van der Waals surface area contributed by atoms with E-state index >= 15 is 0 Å². The third-order valence-electron chi connectivity index (χ3n) is 2.23. The molecular weight excluding hydrogens is 206 g/mol. The number of aromatic nitrogens is 1. The summed E-state index contributed by atoms with van der Waals surface area (Å²) < 4.78 is 0. The predicted octanol–water partition coefficient (Wildman–Crippen LogP) is 1.95. The van der Waals surface area contributed by atoms with E-state index in [-0.39, 0.29) is 0 Å². The molecule has 1 rings (SSSR count). The predicted molar refractivity (Wildman–Crippen MR) is 68.3 cm³/mol. The van der Waals surface area contributed by atoms with Crippen molar-refractivity contribution in [2.24, 2.45) is 5.73 Å². The Labute approximate surface area is 96.3 Å². The van der Waals surface area contributed by atoms with Crippen molar-refractivity contribution >= 4 is 23.0 Å². The maximum Gasteiger partial charge on any atom is 0.128 e. The van der Waals surface area contributed by atoms with Gasteiger partial charge in [0.25, 0.3) is 0 Å². The first-order valence-electron chi connectivity index (χ1n) is 5.19. The van der Waals surface area contributed by atoms with Crippen LogP contribution in [0.15, 0.2) is 18.3 Å².